The molecule has 0 bridgehead atoms. The van der Waals surface area contributed by atoms with Crippen LogP contribution < -0.4 is 0 Å². The third-order valence-electron chi connectivity index (χ3n) is 1.52. The number of ketones is 1. The zero-order valence-corrected chi connectivity index (χ0v) is 9.97. The molecule has 10 heteroatoms. The maximum Gasteiger partial charge on any atom is 0.471 e. The average Bonchev–Trinajstić information content (AvgIpc) is 2.21. The van der Waals surface area contributed by atoms with Crippen molar-refractivity contribution >= 4 is 25.4 Å². The van der Waals surface area contributed by atoms with Crippen LogP contribution in [-0.4, -0.2) is 61.4 Å². The molecule has 0 amide bonds. The number of thioether (sulfide) groups is 1. The molecular formula is C6H13O8PS. The molecule has 96 valence electrons. The van der Waals surface area contributed by atoms with Gasteiger partial charge in [0.1, 0.15) is 12.2 Å². The van der Waals surface area contributed by atoms with Gasteiger partial charge in [0, 0.05) is 0 Å². The first-order valence-corrected chi connectivity index (χ1v) is 6.82. The van der Waals surface area contributed by atoms with Crippen LogP contribution in [0.2, 0.25) is 0 Å². The van der Waals surface area contributed by atoms with E-state index in [9.17, 15) is 14.5 Å². The van der Waals surface area contributed by atoms with E-state index >= 15 is 0 Å². The molecule has 0 aliphatic carbocycles. The van der Waals surface area contributed by atoms with Gasteiger partial charge >= 0.3 is 7.82 Å². The zero-order chi connectivity index (χ0) is 12.9. The monoisotopic (exact) mass is 276 g/mol. The van der Waals surface area contributed by atoms with Crippen LogP contribution in [-0.2, 0) is 13.9 Å². The molecule has 0 aromatic heterocycles. The second-order valence-corrected chi connectivity index (χ2v) is 4.85. The van der Waals surface area contributed by atoms with Crippen LogP contribution in [0.15, 0.2) is 0 Å². The van der Waals surface area contributed by atoms with E-state index in [4.69, 9.17) is 20.0 Å². The van der Waals surface area contributed by atoms with Crippen molar-refractivity contribution in [1.82, 2.24) is 0 Å². The minimum Gasteiger partial charge on any atom is -0.394 e. The molecule has 3 atom stereocenters. The lowest BCUT2D eigenvalue weighted by Gasteiger charge is -2.20. The van der Waals surface area contributed by atoms with Crippen molar-refractivity contribution in [2.45, 2.75) is 17.6 Å². The summed E-state index contributed by atoms with van der Waals surface area (Å²) < 4.78 is 14.6. The Bertz CT molecular complexity index is 278. The number of phosphoric acid groups is 1. The predicted octanol–water partition coefficient (Wildman–Crippen LogP) is -1.93. The van der Waals surface area contributed by atoms with Gasteiger partial charge in [-0.25, -0.2) is 4.57 Å². The van der Waals surface area contributed by atoms with Crippen LogP contribution in [0.3, 0.4) is 0 Å². The third-order valence-corrected chi connectivity index (χ3v) is 2.91. The van der Waals surface area contributed by atoms with Crippen molar-refractivity contribution in [2.24, 2.45) is 0 Å². The molecule has 8 nitrogen and oxygen atoms in total. The highest BCUT2D eigenvalue weighted by molar-refractivity contribution is 7.99. The molecule has 5 N–H and O–H groups in total. The highest BCUT2D eigenvalue weighted by atomic mass is 32.2. The van der Waals surface area contributed by atoms with Gasteiger partial charge in [-0.2, -0.15) is 0 Å². The first-order chi connectivity index (χ1) is 7.22. The summed E-state index contributed by atoms with van der Waals surface area (Å²) in [4.78, 5) is 28.3. The SMILES string of the molecule is CSC(OP(=O)(O)O)C(=O)[C@H](O)[C@H](O)CO. The molecule has 0 saturated carbocycles. The van der Waals surface area contributed by atoms with E-state index in [-0.39, 0.29) is 0 Å². The van der Waals surface area contributed by atoms with E-state index in [1.54, 1.807) is 0 Å². The maximum absolute atomic E-state index is 11.3. The van der Waals surface area contributed by atoms with E-state index in [0.29, 0.717) is 11.8 Å². The maximum atomic E-state index is 11.3. The van der Waals surface area contributed by atoms with Gasteiger partial charge in [0.05, 0.1) is 6.61 Å². The van der Waals surface area contributed by atoms with Crippen LogP contribution >= 0.6 is 19.6 Å². The number of carbonyl (C=O) groups excluding carboxylic acids is 1. The highest BCUT2D eigenvalue weighted by Gasteiger charge is 2.34. The molecule has 0 aromatic rings. The largest absolute Gasteiger partial charge is 0.471 e. The minimum atomic E-state index is -4.87. The standard InChI is InChI=1S/C6H13O8PS/c1-16-6(14-15(11,12)13)5(10)4(9)3(8)2-7/h3-4,6-9H,2H2,1H3,(H2,11,12,13)/t3-,4-,6?/m1/s1. The van der Waals surface area contributed by atoms with Crippen LogP contribution in [0.4, 0.5) is 0 Å². The lowest BCUT2D eigenvalue weighted by atomic mass is 10.1. The summed E-state index contributed by atoms with van der Waals surface area (Å²) in [6.45, 7) is -0.857. The lowest BCUT2D eigenvalue weighted by Crippen LogP contribution is -2.41. The van der Waals surface area contributed by atoms with Crippen LogP contribution in [0, 0.1) is 0 Å². The Kier molecular flexibility index (Phi) is 6.68. The fraction of sp³-hybridized carbons (Fsp3) is 0.833. The van der Waals surface area contributed by atoms with Gasteiger partial charge in [0.2, 0.25) is 5.78 Å². The fourth-order valence-electron chi connectivity index (χ4n) is 0.765. The van der Waals surface area contributed by atoms with Gasteiger partial charge < -0.3 is 25.1 Å². The number of phosphoric ester groups is 1. The predicted molar refractivity (Wildman–Crippen MR) is 54.5 cm³/mol. The normalized spacial score (nSPS) is 17.9. The number of hydrogen-bond acceptors (Lipinski definition) is 7. The van der Waals surface area contributed by atoms with Gasteiger partial charge in [-0.3, -0.25) is 9.32 Å². The number of Topliss-reactive ketones (excluding diaryl/α,β-unsaturated/α-hetero) is 1. The molecule has 1 unspecified atom stereocenters. The van der Waals surface area contributed by atoms with E-state index in [1.807, 2.05) is 0 Å². The van der Waals surface area contributed by atoms with Gasteiger partial charge in [0.25, 0.3) is 0 Å². The Labute approximate surface area is 95.5 Å². The van der Waals surface area contributed by atoms with Crippen molar-refractivity contribution in [2.75, 3.05) is 12.9 Å². The molecule has 0 aliphatic rings. The molecular weight excluding hydrogens is 263 g/mol. The number of carbonyl (C=O) groups is 1. The van der Waals surface area contributed by atoms with E-state index in [1.165, 1.54) is 6.26 Å². The summed E-state index contributed by atoms with van der Waals surface area (Å²) in [6.07, 6.45) is -2.35. The number of hydrogen-bond donors (Lipinski definition) is 5. The summed E-state index contributed by atoms with van der Waals surface area (Å²) in [5.41, 5.74) is -1.61. The fourth-order valence-corrected chi connectivity index (χ4v) is 2.17. The second kappa shape index (κ2) is 6.67. The Morgan fingerprint density at radius 1 is 1.44 bits per heavy atom. The first kappa shape index (κ1) is 16.0. The van der Waals surface area contributed by atoms with Gasteiger partial charge in [0.15, 0.2) is 5.44 Å². The Hall–Kier alpha value is 0.0100. The Balaban J connectivity index is 4.60. The minimum absolute atomic E-state index is 0.644. The second-order valence-electron chi connectivity index (χ2n) is 2.76. The van der Waals surface area contributed by atoms with Gasteiger partial charge in [-0.15, -0.1) is 11.8 Å². The molecule has 0 spiro atoms. The Morgan fingerprint density at radius 2 is 1.94 bits per heavy atom. The molecule has 0 heterocycles. The quantitative estimate of drug-likeness (QED) is 0.265. The van der Waals surface area contributed by atoms with E-state index in [2.05, 4.69) is 4.52 Å². The summed E-state index contributed by atoms with van der Waals surface area (Å²) in [5.74, 6) is -1.13. The van der Waals surface area contributed by atoms with Crippen LogP contribution in [0.1, 0.15) is 0 Å². The molecule has 16 heavy (non-hydrogen) atoms. The topological polar surface area (TPSA) is 145 Å². The van der Waals surface area contributed by atoms with Crippen molar-refractivity contribution in [3.8, 4) is 0 Å². The number of aliphatic hydroxyl groups excluding tert-OH is 3. The highest BCUT2D eigenvalue weighted by Crippen LogP contribution is 2.40. The van der Waals surface area contributed by atoms with Crippen molar-refractivity contribution in [3.05, 3.63) is 0 Å². The van der Waals surface area contributed by atoms with Crippen LogP contribution in [0.5, 0.6) is 0 Å². The zero-order valence-electron chi connectivity index (χ0n) is 8.26. The van der Waals surface area contributed by atoms with Crippen LogP contribution in [0.25, 0.3) is 0 Å². The molecule has 0 rings (SSSR count). The van der Waals surface area contributed by atoms with Crippen molar-refractivity contribution < 1.29 is 39.0 Å². The van der Waals surface area contributed by atoms with Gasteiger partial charge in [-0.05, 0) is 6.26 Å². The first-order valence-electron chi connectivity index (χ1n) is 4.00. The lowest BCUT2D eigenvalue weighted by molar-refractivity contribution is -0.138. The molecule has 0 saturated heterocycles. The molecule has 0 fully saturated rings. The van der Waals surface area contributed by atoms with E-state index < -0.39 is 37.9 Å². The van der Waals surface area contributed by atoms with Crippen molar-refractivity contribution in [3.63, 3.8) is 0 Å². The molecule has 0 radical (unpaired) electrons. The number of aliphatic hydroxyl groups is 3. The summed E-state index contributed by atoms with van der Waals surface area (Å²) in [6, 6.07) is 0. The molecule has 0 aliphatic heterocycles. The summed E-state index contributed by atoms with van der Waals surface area (Å²) in [5, 5.41) is 26.6. The smallest absolute Gasteiger partial charge is 0.394 e. The summed E-state index contributed by atoms with van der Waals surface area (Å²) in [7, 11) is -4.87. The van der Waals surface area contributed by atoms with E-state index in [0.717, 1.165) is 0 Å². The summed E-state index contributed by atoms with van der Waals surface area (Å²) >= 11 is 0.644. The number of rotatable bonds is 7. The van der Waals surface area contributed by atoms with Crippen molar-refractivity contribution in [1.29, 1.82) is 0 Å². The van der Waals surface area contributed by atoms with Gasteiger partial charge in [-0.1, -0.05) is 0 Å². The third kappa shape index (κ3) is 5.37. The molecule has 0 aromatic carbocycles. The Morgan fingerprint density at radius 3 is 2.25 bits per heavy atom. The average molecular weight is 276 g/mol.